The van der Waals surface area contributed by atoms with Crippen molar-refractivity contribution in [2.75, 3.05) is 0 Å². The Morgan fingerprint density at radius 3 is 2.25 bits per heavy atom. The van der Waals surface area contributed by atoms with Crippen LogP contribution in [-0.2, 0) is 0 Å². The quantitative estimate of drug-likeness (QED) is 0.711. The Labute approximate surface area is 101 Å². The second-order valence-corrected chi connectivity index (χ2v) is 6.41. The molecular weight excluding hydrogens is 196 g/mol. The van der Waals surface area contributed by atoms with E-state index >= 15 is 0 Å². The van der Waals surface area contributed by atoms with Crippen LogP contribution in [0.5, 0.6) is 0 Å². The highest BCUT2D eigenvalue weighted by Gasteiger charge is 2.31. The summed E-state index contributed by atoms with van der Waals surface area (Å²) >= 11 is 0. The highest BCUT2D eigenvalue weighted by molar-refractivity contribution is 4.83. The van der Waals surface area contributed by atoms with E-state index in [4.69, 9.17) is 0 Å². The first-order valence-corrected chi connectivity index (χ1v) is 6.74. The molecule has 94 valence electrons. The summed E-state index contributed by atoms with van der Waals surface area (Å²) < 4.78 is 0. The van der Waals surface area contributed by atoms with Crippen molar-refractivity contribution < 1.29 is 5.11 Å². The maximum atomic E-state index is 10.0. The summed E-state index contributed by atoms with van der Waals surface area (Å²) in [7, 11) is 0. The first-order valence-electron chi connectivity index (χ1n) is 6.74. The van der Waals surface area contributed by atoms with Crippen molar-refractivity contribution in [1.82, 2.24) is 0 Å². The summed E-state index contributed by atoms with van der Waals surface area (Å²) in [6, 6.07) is 0. The molecule has 0 amide bonds. The molecule has 1 nitrogen and oxygen atoms in total. The number of hydrogen-bond acceptors (Lipinski definition) is 1. The van der Waals surface area contributed by atoms with Crippen molar-refractivity contribution in [1.29, 1.82) is 0 Å². The summed E-state index contributed by atoms with van der Waals surface area (Å²) in [6.07, 6.45) is 8.65. The van der Waals surface area contributed by atoms with E-state index in [2.05, 4.69) is 27.4 Å². The molecule has 1 rings (SSSR count). The molecule has 0 radical (unpaired) electrons. The SMILES string of the molecule is C=CCCC(O)C1CCC(C(C)(C)C)CC1. The van der Waals surface area contributed by atoms with Crippen LogP contribution in [0.3, 0.4) is 0 Å². The second kappa shape index (κ2) is 5.86. The molecule has 0 aromatic heterocycles. The molecule has 1 unspecified atom stereocenters. The van der Waals surface area contributed by atoms with Crippen LogP contribution in [0.1, 0.15) is 59.3 Å². The average molecular weight is 224 g/mol. The zero-order chi connectivity index (χ0) is 12.2. The minimum absolute atomic E-state index is 0.0982. The summed E-state index contributed by atoms with van der Waals surface area (Å²) in [5.41, 5.74) is 0.442. The molecule has 1 aliphatic rings. The molecule has 0 heterocycles. The number of rotatable bonds is 4. The first-order chi connectivity index (χ1) is 7.45. The predicted octanol–water partition coefficient (Wildman–Crippen LogP) is 4.17. The fourth-order valence-electron chi connectivity index (χ4n) is 2.89. The van der Waals surface area contributed by atoms with Crippen molar-refractivity contribution in [3.8, 4) is 0 Å². The highest BCUT2D eigenvalue weighted by atomic mass is 16.3. The van der Waals surface area contributed by atoms with Gasteiger partial charge < -0.3 is 5.11 Å². The van der Waals surface area contributed by atoms with Crippen LogP contribution in [0.4, 0.5) is 0 Å². The molecule has 0 spiro atoms. The molecule has 0 aromatic carbocycles. The first kappa shape index (κ1) is 13.8. The zero-order valence-corrected chi connectivity index (χ0v) is 11.2. The van der Waals surface area contributed by atoms with Gasteiger partial charge in [0.2, 0.25) is 0 Å². The Hall–Kier alpha value is -0.300. The smallest absolute Gasteiger partial charge is 0.0571 e. The maximum absolute atomic E-state index is 10.0. The standard InChI is InChI=1S/C15H28O/c1-5-6-7-14(16)12-8-10-13(11-9-12)15(2,3)4/h5,12-14,16H,1,6-11H2,2-4H3. The van der Waals surface area contributed by atoms with E-state index in [1.165, 1.54) is 25.7 Å². The Balaban J connectivity index is 2.34. The van der Waals surface area contributed by atoms with Gasteiger partial charge in [-0.05, 0) is 55.8 Å². The lowest BCUT2D eigenvalue weighted by Gasteiger charge is -2.38. The van der Waals surface area contributed by atoms with E-state index < -0.39 is 0 Å². The molecule has 16 heavy (non-hydrogen) atoms. The third kappa shape index (κ3) is 3.93. The normalized spacial score (nSPS) is 28.8. The lowest BCUT2D eigenvalue weighted by molar-refractivity contribution is 0.0488. The van der Waals surface area contributed by atoms with Crippen LogP contribution < -0.4 is 0 Å². The molecule has 1 aliphatic carbocycles. The number of allylic oxidation sites excluding steroid dienone is 1. The van der Waals surface area contributed by atoms with Gasteiger partial charge in [-0.3, -0.25) is 0 Å². The molecule has 1 heteroatoms. The van der Waals surface area contributed by atoms with Gasteiger partial charge in [-0.1, -0.05) is 26.8 Å². The Kier molecular flexibility index (Phi) is 5.04. The minimum Gasteiger partial charge on any atom is -0.393 e. The molecule has 0 saturated heterocycles. The topological polar surface area (TPSA) is 20.2 Å². The Morgan fingerprint density at radius 2 is 1.81 bits per heavy atom. The van der Waals surface area contributed by atoms with E-state index in [9.17, 15) is 5.11 Å². The molecule has 1 saturated carbocycles. The fourth-order valence-corrected chi connectivity index (χ4v) is 2.89. The van der Waals surface area contributed by atoms with E-state index in [0.29, 0.717) is 11.3 Å². The predicted molar refractivity (Wildman–Crippen MR) is 70.3 cm³/mol. The van der Waals surface area contributed by atoms with Gasteiger partial charge in [0.1, 0.15) is 0 Å². The molecular formula is C15H28O. The second-order valence-electron chi connectivity index (χ2n) is 6.41. The van der Waals surface area contributed by atoms with E-state index in [-0.39, 0.29) is 6.10 Å². The Morgan fingerprint density at radius 1 is 1.25 bits per heavy atom. The lowest BCUT2D eigenvalue weighted by atomic mass is 9.68. The Bertz CT molecular complexity index is 206. The van der Waals surface area contributed by atoms with E-state index in [1.54, 1.807) is 0 Å². The van der Waals surface area contributed by atoms with Crippen molar-refractivity contribution in [2.24, 2.45) is 17.3 Å². The van der Waals surface area contributed by atoms with Crippen molar-refractivity contribution >= 4 is 0 Å². The van der Waals surface area contributed by atoms with Crippen molar-refractivity contribution in [2.45, 2.75) is 65.4 Å². The number of aliphatic hydroxyl groups excluding tert-OH is 1. The largest absolute Gasteiger partial charge is 0.393 e. The van der Waals surface area contributed by atoms with Crippen LogP contribution in [0.2, 0.25) is 0 Å². The third-order valence-electron chi connectivity index (χ3n) is 4.21. The van der Waals surface area contributed by atoms with E-state index in [0.717, 1.165) is 18.8 Å². The zero-order valence-electron chi connectivity index (χ0n) is 11.2. The highest BCUT2D eigenvalue weighted by Crippen LogP contribution is 2.41. The van der Waals surface area contributed by atoms with Gasteiger partial charge in [-0.15, -0.1) is 6.58 Å². The monoisotopic (exact) mass is 224 g/mol. The van der Waals surface area contributed by atoms with Crippen LogP contribution >= 0.6 is 0 Å². The van der Waals surface area contributed by atoms with Gasteiger partial charge >= 0.3 is 0 Å². The summed E-state index contributed by atoms with van der Waals surface area (Å²) in [6.45, 7) is 10.7. The fraction of sp³-hybridized carbons (Fsp3) is 0.867. The summed E-state index contributed by atoms with van der Waals surface area (Å²) in [5, 5.41) is 10.0. The summed E-state index contributed by atoms with van der Waals surface area (Å²) in [4.78, 5) is 0. The van der Waals surface area contributed by atoms with Gasteiger partial charge in [0, 0.05) is 0 Å². The molecule has 1 fully saturated rings. The van der Waals surface area contributed by atoms with Gasteiger partial charge in [0.15, 0.2) is 0 Å². The van der Waals surface area contributed by atoms with Crippen LogP contribution in [-0.4, -0.2) is 11.2 Å². The van der Waals surface area contributed by atoms with Gasteiger partial charge in [-0.25, -0.2) is 0 Å². The van der Waals surface area contributed by atoms with Gasteiger partial charge in [0.25, 0.3) is 0 Å². The molecule has 0 aliphatic heterocycles. The van der Waals surface area contributed by atoms with Crippen molar-refractivity contribution in [3.63, 3.8) is 0 Å². The van der Waals surface area contributed by atoms with Gasteiger partial charge in [0.05, 0.1) is 6.10 Å². The lowest BCUT2D eigenvalue weighted by Crippen LogP contribution is -2.30. The van der Waals surface area contributed by atoms with Crippen molar-refractivity contribution in [3.05, 3.63) is 12.7 Å². The molecule has 1 N–H and O–H groups in total. The van der Waals surface area contributed by atoms with Crippen LogP contribution in [0.15, 0.2) is 12.7 Å². The molecule has 1 atom stereocenters. The summed E-state index contributed by atoms with van der Waals surface area (Å²) in [5.74, 6) is 1.38. The molecule has 0 bridgehead atoms. The van der Waals surface area contributed by atoms with Crippen LogP contribution in [0, 0.1) is 17.3 Å². The third-order valence-corrected chi connectivity index (χ3v) is 4.21. The average Bonchev–Trinajstić information content (AvgIpc) is 2.25. The number of hydrogen-bond donors (Lipinski definition) is 1. The molecule has 0 aromatic rings. The number of aliphatic hydroxyl groups is 1. The van der Waals surface area contributed by atoms with E-state index in [1.807, 2.05) is 6.08 Å². The van der Waals surface area contributed by atoms with Gasteiger partial charge in [-0.2, -0.15) is 0 Å². The maximum Gasteiger partial charge on any atom is 0.0571 e. The minimum atomic E-state index is -0.0982. The van der Waals surface area contributed by atoms with Crippen LogP contribution in [0.25, 0.3) is 0 Å².